The Morgan fingerprint density at radius 1 is 1.12 bits per heavy atom. The van der Waals surface area contributed by atoms with Crippen molar-refractivity contribution in [3.63, 3.8) is 0 Å². The molecule has 1 aromatic carbocycles. The van der Waals surface area contributed by atoms with Crippen molar-refractivity contribution in [1.82, 2.24) is 28.7 Å². The molecule has 4 aromatic rings. The number of benzene rings is 1. The first-order valence-electron chi connectivity index (χ1n) is 12.5. The summed E-state index contributed by atoms with van der Waals surface area (Å²) in [4.78, 5) is 64.6. The molecule has 0 radical (unpaired) electrons. The first-order valence-corrected chi connectivity index (χ1v) is 14.1. The van der Waals surface area contributed by atoms with Crippen LogP contribution in [0.3, 0.4) is 0 Å². The van der Waals surface area contributed by atoms with Gasteiger partial charge >= 0.3 is 13.5 Å². The van der Waals surface area contributed by atoms with Gasteiger partial charge in [0.05, 0.1) is 18.6 Å². The van der Waals surface area contributed by atoms with E-state index in [1.807, 2.05) is 31.2 Å². The number of rotatable bonds is 4. The molecule has 1 saturated heterocycles. The first-order chi connectivity index (χ1) is 18.9. The topological polar surface area (TPSA) is 195 Å². The Morgan fingerprint density at radius 3 is 2.50 bits per heavy atom. The number of anilines is 1. The van der Waals surface area contributed by atoms with Crippen LogP contribution in [-0.4, -0.2) is 62.5 Å². The lowest BCUT2D eigenvalue weighted by Gasteiger charge is -2.31. The third kappa shape index (κ3) is 6.30. The lowest BCUT2D eigenvalue weighted by Crippen LogP contribution is -2.44. The first kappa shape index (κ1) is 29.1. The summed E-state index contributed by atoms with van der Waals surface area (Å²) >= 11 is 0. The number of nitrogens with zero attached hydrogens (tertiary/aromatic N) is 7. The molecule has 15 heteroatoms. The quantitative estimate of drug-likeness (QED) is 0.194. The molecule has 0 amide bonds. The summed E-state index contributed by atoms with van der Waals surface area (Å²) in [6, 6.07) is 7.71. The Bertz CT molecular complexity index is 1790. The summed E-state index contributed by atoms with van der Waals surface area (Å²) in [5, 5.41) is 0.938. The van der Waals surface area contributed by atoms with Crippen LogP contribution in [0.5, 0.6) is 0 Å². The third-order valence-electron chi connectivity index (χ3n) is 6.51. The van der Waals surface area contributed by atoms with E-state index < -0.39 is 19.1 Å². The van der Waals surface area contributed by atoms with Gasteiger partial charge in [0.15, 0.2) is 11.2 Å². The largest absolute Gasteiger partial charge is 0.466 e. The Morgan fingerprint density at radius 2 is 1.82 bits per heavy atom. The van der Waals surface area contributed by atoms with Gasteiger partial charge in [-0.25, -0.2) is 19.3 Å². The zero-order valence-electron chi connectivity index (χ0n) is 22.4. The Balaban J connectivity index is 0.000000681. The minimum atomic E-state index is -4.64. The Labute approximate surface area is 229 Å². The summed E-state index contributed by atoms with van der Waals surface area (Å²) in [6.07, 6.45) is 1.88. The van der Waals surface area contributed by atoms with Gasteiger partial charge in [0.2, 0.25) is 5.95 Å². The van der Waals surface area contributed by atoms with Crippen molar-refractivity contribution < 1.29 is 19.2 Å². The highest BCUT2D eigenvalue weighted by atomic mass is 31.2. The van der Waals surface area contributed by atoms with E-state index >= 15 is 0 Å². The van der Waals surface area contributed by atoms with Crippen molar-refractivity contribution in [3.8, 4) is 11.8 Å². The predicted molar refractivity (Wildman–Crippen MR) is 150 cm³/mol. The van der Waals surface area contributed by atoms with E-state index in [2.05, 4.69) is 26.7 Å². The van der Waals surface area contributed by atoms with Crippen molar-refractivity contribution >= 4 is 35.8 Å². The summed E-state index contributed by atoms with van der Waals surface area (Å²) < 4.78 is 13.3. The average molecular weight is 571 g/mol. The van der Waals surface area contributed by atoms with E-state index in [4.69, 9.17) is 30.0 Å². The molecular formula is C25H31N8O6P. The predicted octanol–water partition coefficient (Wildman–Crippen LogP) is 0.219. The van der Waals surface area contributed by atoms with E-state index in [1.165, 1.54) is 9.13 Å². The Hall–Kier alpha value is -3.86. The molecule has 14 nitrogen and oxygen atoms in total. The number of para-hydroxylation sites is 1. The highest BCUT2D eigenvalue weighted by molar-refractivity contribution is 7.45. The van der Waals surface area contributed by atoms with Gasteiger partial charge in [-0.05, 0) is 32.8 Å². The minimum absolute atomic E-state index is 0.0306. The van der Waals surface area contributed by atoms with Crippen LogP contribution in [0.15, 0.2) is 33.9 Å². The van der Waals surface area contributed by atoms with E-state index in [1.54, 1.807) is 18.5 Å². The number of piperidine rings is 1. The van der Waals surface area contributed by atoms with E-state index in [9.17, 15) is 9.59 Å². The standard InChI is InChI=1S/C25H28N8O2.H3O4P/c1-4-5-13-32-21-22(29-24(32)31-12-8-9-17(26)14-31)30(3)25(35)33(23(21)34)15-20-27-16(2)18-10-6-7-11-19(18)28-20;1-5(2,3)4/h6-7,10-11,17H,8-9,12-15,26H2,1-3H3;(H3,1,2,3,4)/t17-;/m1./s1. The number of phosphoric acid groups is 1. The minimum Gasteiger partial charge on any atom is -0.341 e. The van der Waals surface area contributed by atoms with E-state index in [0.29, 0.717) is 29.5 Å². The van der Waals surface area contributed by atoms with Gasteiger partial charge in [0, 0.05) is 37.3 Å². The van der Waals surface area contributed by atoms with Crippen molar-refractivity contribution in [1.29, 1.82) is 0 Å². The molecule has 1 fully saturated rings. The molecular weight excluding hydrogens is 539 g/mol. The molecule has 1 aliphatic heterocycles. The number of imidazole rings is 1. The molecule has 0 spiro atoms. The van der Waals surface area contributed by atoms with Crippen LogP contribution in [0.1, 0.15) is 31.3 Å². The molecule has 5 rings (SSSR count). The van der Waals surface area contributed by atoms with Crippen molar-refractivity contribution in [2.24, 2.45) is 12.8 Å². The number of nitrogens with two attached hydrogens (primary N) is 1. The zero-order chi connectivity index (χ0) is 29.2. The number of aromatic nitrogens is 6. The summed E-state index contributed by atoms with van der Waals surface area (Å²) in [7, 11) is -3.01. The fourth-order valence-corrected chi connectivity index (χ4v) is 4.75. The number of hydrogen-bond acceptors (Lipinski definition) is 8. The Kier molecular flexibility index (Phi) is 8.53. The normalized spacial score (nSPS) is 15.5. The molecule has 40 heavy (non-hydrogen) atoms. The molecule has 1 aliphatic rings. The smallest absolute Gasteiger partial charge is 0.341 e. The number of hydrogen-bond donors (Lipinski definition) is 4. The van der Waals surface area contributed by atoms with Gasteiger partial charge < -0.3 is 25.3 Å². The monoisotopic (exact) mass is 570 g/mol. The van der Waals surface area contributed by atoms with Crippen LogP contribution in [-0.2, 0) is 24.7 Å². The number of aryl methyl sites for hydroxylation is 2. The highest BCUT2D eigenvalue weighted by Gasteiger charge is 2.26. The van der Waals surface area contributed by atoms with Crippen LogP contribution >= 0.6 is 7.82 Å². The van der Waals surface area contributed by atoms with Crippen LogP contribution in [0.2, 0.25) is 0 Å². The van der Waals surface area contributed by atoms with Gasteiger partial charge in [0.1, 0.15) is 5.82 Å². The second-order valence-electron chi connectivity index (χ2n) is 9.43. The SMILES string of the molecule is CC#CCn1c(N2CCC[C@@H](N)C2)nc2c1c(=O)n(Cc1nc(C)c3ccccc3n1)c(=O)n2C.O=P(O)(O)O. The highest BCUT2D eigenvalue weighted by Crippen LogP contribution is 2.26. The zero-order valence-corrected chi connectivity index (χ0v) is 23.2. The molecule has 0 bridgehead atoms. The van der Waals surface area contributed by atoms with Crippen LogP contribution < -0.4 is 21.9 Å². The van der Waals surface area contributed by atoms with Crippen LogP contribution in [0.4, 0.5) is 5.95 Å². The maximum absolute atomic E-state index is 13.7. The summed E-state index contributed by atoms with van der Waals surface area (Å²) in [5.74, 6) is 6.96. The molecule has 3 aromatic heterocycles. The van der Waals surface area contributed by atoms with Crippen LogP contribution in [0.25, 0.3) is 22.1 Å². The van der Waals surface area contributed by atoms with Gasteiger partial charge in [-0.1, -0.05) is 24.1 Å². The second kappa shape index (κ2) is 11.7. The third-order valence-corrected chi connectivity index (χ3v) is 6.51. The number of fused-ring (bicyclic) bond motifs is 2. The van der Waals surface area contributed by atoms with E-state index in [0.717, 1.165) is 36.0 Å². The summed E-state index contributed by atoms with van der Waals surface area (Å²) in [6.45, 7) is 5.31. The average Bonchev–Trinajstić information content (AvgIpc) is 3.27. The second-order valence-corrected chi connectivity index (χ2v) is 10.5. The van der Waals surface area contributed by atoms with E-state index in [-0.39, 0.29) is 19.1 Å². The van der Waals surface area contributed by atoms with Crippen molar-refractivity contribution in [2.45, 2.75) is 45.8 Å². The van der Waals surface area contributed by atoms with Crippen molar-refractivity contribution in [2.75, 3.05) is 18.0 Å². The molecule has 4 heterocycles. The van der Waals surface area contributed by atoms with Gasteiger partial charge in [-0.3, -0.25) is 18.5 Å². The molecule has 0 aliphatic carbocycles. The van der Waals surface area contributed by atoms with Gasteiger partial charge in [0.25, 0.3) is 5.56 Å². The van der Waals surface area contributed by atoms with Crippen LogP contribution in [0, 0.1) is 18.8 Å². The maximum Gasteiger partial charge on any atom is 0.466 e. The molecule has 1 atom stereocenters. The van der Waals surface area contributed by atoms with Crippen molar-refractivity contribution in [3.05, 3.63) is 56.6 Å². The van der Waals surface area contributed by atoms with Gasteiger partial charge in [-0.2, -0.15) is 4.98 Å². The molecule has 0 unspecified atom stereocenters. The molecule has 212 valence electrons. The lowest BCUT2D eigenvalue weighted by molar-refractivity contribution is 0.275. The molecule has 0 saturated carbocycles. The fraction of sp³-hybridized carbons (Fsp3) is 0.400. The lowest BCUT2D eigenvalue weighted by atomic mass is 10.1. The van der Waals surface area contributed by atoms with Gasteiger partial charge in [-0.15, -0.1) is 5.92 Å². The summed E-state index contributed by atoms with van der Waals surface area (Å²) in [5.41, 5.74) is 7.54. The maximum atomic E-state index is 13.7. The fourth-order valence-electron chi connectivity index (χ4n) is 4.75. The molecule has 5 N–H and O–H groups in total.